The van der Waals surface area contributed by atoms with E-state index in [0.29, 0.717) is 0 Å². The van der Waals surface area contributed by atoms with Crippen molar-refractivity contribution < 1.29 is 0 Å². The molecule has 11 aromatic rings. The van der Waals surface area contributed by atoms with Crippen LogP contribution in [-0.4, -0.2) is 26.9 Å². The van der Waals surface area contributed by atoms with Gasteiger partial charge in [-0.05, 0) is 69.6 Å². The Balaban J connectivity index is 0.943. The van der Waals surface area contributed by atoms with Crippen LogP contribution in [0.1, 0.15) is 23.6 Å². The molecule has 61 heavy (non-hydrogen) atoms. The minimum absolute atomic E-state index is 0.0739. The standard InChI is InChI=1S/C56H41N5/c1-59-54(40-16-5-2-6-17-40)57-56(58-55(59)41-18-7-3-8-19-41)61-50-24-14-13-23-46(50)49-35-42(31-34-51(49)61)37-25-27-38(28-26-37)43-30-32-47-48-33-29-39-15-11-12-22-45(39)53(48)60(52(47)36-43)44-20-9-4-10-21-44/h2-36,54,56-57H,1H3. The van der Waals surface area contributed by atoms with Crippen LogP contribution < -0.4 is 5.32 Å². The Kier molecular flexibility index (Phi) is 8.22. The third-order valence-corrected chi connectivity index (χ3v) is 12.6. The van der Waals surface area contributed by atoms with Gasteiger partial charge in [-0.2, -0.15) is 0 Å². The van der Waals surface area contributed by atoms with Crippen LogP contribution in [0.3, 0.4) is 0 Å². The molecule has 2 aromatic heterocycles. The number of benzene rings is 9. The number of amidine groups is 1. The molecule has 5 heteroatoms. The van der Waals surface area contributed by atoms with Gasteiger partial charge in [0, 0.05) is 45.2 Å². The molecule has 1 aliphatic rings. The van der Waals surface area contributed by atoms with Crippen LogP contribution in [0.4, 0.5) is 0 Å². The fourth-order valence-corrected chi connectivity index (χ4v) is 9.68. The van der Waals surface area contributed by atoms with Crippen molar-refractivity contribution in [3.63, 3.8) is 0 Å². The quantitative estimate of drug-likeness (QED) is 0.182. The molecule has 0 saturated heterocycles. The van der Waals surface area contributed by atoms with Gasteiger partial charge in [0.25, 0.3) is 0 Å². The molecule has 290 valence electrons. The van der Waals surface area contributed by atoms with E-state index in [4.69, 9.17) is 4.99 Å². The highest BCUT2D eigenvalue weighted by Crippen LogP contribution is 2.40. The largest absolute Gasteiger partial charge is 0.340 e. The lowest BCUT2D eigenvalue weighted by Crippen LogP contribution is -2.47. The smallest absolute Gasteiger partial charge is 0.184 e. The van der Waals surface area contributed by atoms with Crippen LogP contribution in [0.2, 0.25) is 0 Å². The third kappa shape index (κ3) is 5.77. The molecule has 0 amide bonds. The van der Waals surface area contributed by atoms with Gasteiger partial charge in [-0.25, -0.2) is 4.99 Å². The van der Waals surface area contributed by atoms with E-state index < -0.39 is 0 Å². The molecule has 0 saturated carbocycles. The lowest BCUT2D eigenvalue weighted by atomic mass is 9.98. The zero-order valence-corrected chi connectivity index (χ0v) is 33.7. The molecule has 3 heterocycles. The van der Waals surface area contributed by atoms with E-state index in [0.717, 1.165) is 28.1 Å². The second-order valence-electron chi connectivity index (χ2n) is 16.1. The Morgan fingerprint density at radius 1 is 0.426 bits per heavy atom. The summed E-state index contributed by atoms with van der Waals surface area (Å²) >= 11 is 0. The molecule has 0 spiro atoms. The van der Waals surface area contributed by atoms with Gasteiger partial charge in [0.2, 0.25) is 0 Å². The highest BCUT2D eigenvalue weighted by Gasteiger charge is 2.31. The Labute approximate surface area is 354 Å². The normalized spacial score (nSPS) is 15.6. The Morgan fingerprint density at radius 2 is 1.00 bits per heavy atom. The van der Waals surface area contributed by atoms with Crippen LogP contribution in [0.5, 0.6) is 0 Å². The molecule has 1 aliphatic heterocycles. The SMILES string of the molecule is CN1C(c2ccccc2)=NC(n2c3ccccc3c3cc(-c4ccc(-c5ccc6c7ccc8ccccc8c7n(-c7ccccc7)c6c5)cc4)ccc32)NC1c1ccccc1. The number of nitrogens with zero attached hydrogens (tertiary/aromatic N) is 4. The molecule has 12 rings (SSSR count). The first-order valence-corrected chi connectivity index (χ1v) is 21.0. The fourth-order valence-electron chi connectivity index (χ4n) is 9.68. The van der Waals surface area contributed by atoms with E-state index in [9.17, 15) is 0 Å². The maximum Gasteiger partial charge on any atom is 0.184 e. The summed E-state index contributed by atoms with van der Waals surface area (Å²) in [5, 5.41) is 11.4. The molecular weight excluding hydrogens is 743 g/mol. The minimum atomic E-state index is -0.333. The Hall–Kier alpha value is -7.73. The van der Waals surface area contributed by atoms with Gasteiger partial charge in [0.05, 0.1) is 22.1 Å². The van der Waals surface area contributed by atoms with E-state index in [1.165, 1.54) is 71.2 Å². The molecule has 0 bridgehead atoms. The molecular formula is C56H41N5. The van der Waals surface area contributed by atoms with Crippen LogP contribution in [0.15, 0.2) is 217 Å². The second-order valence-corrected chi connectivity index (χ2v) is 16.1. The molecule has 9 aromatic carbocycles. The van der Waals surface area contributed by atoms with Crippen LogP contribution in [0, 0.1) is 0 Å². The highest BCUT2D eigenvalue weighted by molar-refractivity contribution is 6.19. The van der Waals surface area contributed by atoms with Gasteiger partial charge < -0.3 is 14.0 Å². The average molecular weight is 784 g/mol. The van der Waals surface area contributed by atoms with Gasteiger partial charge in [0.1, 0.15) is 12.0 Å². The van der Waals surface area contributed by atoms with Gasteiger partial charge in [-0.3, -0.25) is 5.32 Å². The van der Waals surface area contributed by atoms with E-state index in [-0.39, 0.29) is 12.5 Å². The summed E-state index contributed by atoms with van der Waals surface area (Å²) in [5.74, 6) is 0.954. The van der Waals surface area contributed by atoms with Crippen molar-refractivity contribution in [2.45, 2.75) is 12.5 Å². The summed E-state index contributed by atoms with van der Waals surface area (Å²) in [6.07, 6.45) is -0.406. The van der Waals surface area contributed by atoms with Crippen LogP contribution >= 0.6 is 0 Å². The van der Waals surface area contributed by atoms with E-state index in [1.54, 1.807) is 0 Å². The van der Waals surface area contributed by atoms with Crippen LogP contribution in [-0.2, 0) is 0 Å². The first kappa shape index (κ1) is 35.2. The molecule has 0 fully saturated rings. The van der Waals surface area contributed by atoms with E-state index in [2.05, 4.69) is 239 Å². The summed E-state index contributed by atoms with van der Waals surface area (Å²) in [7, 11) is 2.13. The van der Waals surface area contributed by atoms with E-state index >= 15 is 0 Å². The average Bonchev–Trinajstić information content (AvgIpc) is 3.85. The van der Waals surface area contributed by atoms with Crippen molar-refractivity contribution in [2.24, 2.45) is 4.99 Å². The maximum absolute atomic E-state index is 5.43. The number of hydrogen-bond acceptors (Lipinski definition) is 3. The van der Waals surface area contributed by atoms with Crippen molar-refractivity contribution in [3.8, 4) is 27.9 Å². The van der Waals surface area contributed by atoms with E-state index in [1.807, 2.05) is 0 Å². The summed E-state index contributed by atoms with van der Waals surface area (Å²) in [4.78, 5) is 7.68. The van der Waals surface area contributed by atoms with Crippen molar-refractivity contribution in [3.05, 3.63) is 223 Å². The number of fused-ring (bicyclic) bond motifs is 8. The number of nitrogens with one attached hydrogen (secondary N) is 1. The molecule has 5 nitrogen and oxygen atoms in total. The summed E-state index contributed by atoms with van der Waals surface area (Å²) in [6.45, 7) is 0. The number of aromatic nitrogens is 2. The zero-order chi connectivity index (χ0) is 40.4. The van der Waals surface area contributed by atoms with Gasteiger partial charge in [0.15, 0.2) is 6.29 Å². The monoisotopic (exact) mass is 783 g/mol. The Morgan fingerprint density at radius 3 is 1.77 bits per heavy atom. The van der Waals surface area contributed by atoms with Crippen LogP contribution in [0.25, 0.3) is 82.3 Å². The molecule has 0 radical (unpaired) electrons. The number of hydrogen-bond donors (Lipinski definition) is 1. The lowest BCUT2D eigenvalue weighted by Gasteiger charge is -2.39. The molecule has 2 unspecified atom stereocenters. The predicted octanol–water partition coefficient (Wildman–Crippen LogP) is 13.5. The summed E-state index contributed by atoms with van der Waals surface area (Å²) < 4.78 is 4.81. The van der Waals surface area contributed by atoms with Crippen molar-refractivity contribution in [2.75, 3.05) is 7.05 Å². The zero-order valence-electron chi connectivity index (χ0n) is 33.7. The van der Waals surface area contributed by atoms with Gasteiger partial charge in [-0.1, -0.05) is 176 Å². The van der Waals surface area contributed by atoms with Crippen molar-refractivity contribution in [1.82, 2.24) is 19.4 Å². The van der Waals surface area contributed by atoms with Crippen molar-refractivity contribution >= 4 is 60.2 Å². The van der Waals surface area contributed by atoms with Gasteiger partial charge in [-0.15, -0.1) is 0 Å². The summed E-state index contributed by atoms with van der Waals surface area (Å²) in [5.41, 5.74) is 12.9. The summed E-state index contributed by atoms with van der Waals surface area (Å²) in [6, 6.07) is 76.7. The number of aliphatic imine (C=N–C) groups is 1. The fraction of sp³-hybridized carbons (Fsp3) is 0.0536. The highest BCUT2D eigenvalue weighted by atomic mass is 15.4. The predicted molar refractivity (Wildman–Crippen MR) is 254 cm³/mol. The lowest BCUT2D eigenvalue weighted by molar-refractivity contribution is 0.226. The number of rotatable bonds is 6. The minimum Gasteiger partial charge on any atom is -0.340 e. The second kappa shape index (κ2) is 14.2. The molecule has 0 aliphatic carbocycles. The topological polar surface area (TPSA) is 37.5 Å². The molecule has 1 N–H and O–H groups in total. The molecule has 2 atom stereocenters. The Bertz CT molecular complexity index is 3460. The first-order chi connectivity index (χ1) is 30.2. The van der Waals surface area contributed by atoms with Crippen molar-refractivity contribution in [1.29, 1.82) is 0 Å². The number of para-hydroxylation sites is 2. The van der Waals surface area contributed by atoms with Gasteiger partial charge >= 0.3 is 0 Å². The maximum atomic E-state index is 5.43. The first-order valence-electron chi connectivity index (χ1n) is 21.0. The third-order valence-electron chi connectivity index (χ3n) is 12.6.